The second kappa shape index (κ2) is 6.17. The molecule has 0 aliphatic carbocycles. The lowest BCUT2D eigenvalue weighted by molar-refractivity contribution is -0.123. The van der Waals surface area contributed by atoms with Crippen LogP contribution >= 0.6 is 0 Å². The molecule has 0 spiro atoms. The number of nitrogen functional groups attached to an aromatic ring is 1. The minimum absolute atomic E-state index is 0.0259. The van der Waals surface area contributed by atoms with E-state index in [9.17, 15) is 9.59 Å². The van der Waals surface area contributed by atoms with Crippen molar-refractivity contribution in [3.63, 3.8) is 0 Å². The largest absolute Gasteiger partial charge is 0.398 e. The van der Waals surface area contributed by atoms with Gasteiger partial charge in [-0.05, 0) is 33.8 Å². The number of amides is 2. The lowest BCUT2D eigenvalue weighted by Crippen LogP contribution is -2.46. The zero-order chi connectivity index (χ0) is 14.6. The number of aromatic nitrogens is 1. The summed E-state index contributed by atoms with van der Waals surface area (Å²) in [4.78, 5) is 27.7. The van der Waals surface area contributed by atoms with E-state index in [2.05, 4.69) is 15.6 Å². The highest BCUT2D eigenvalue weighted by atomic mass is 16.2. The van der Waals surface area contributed by atoms with Crippen LogP contribution in [-0.2, 0) is 4.79 Å². The third-order valence-electron chi connectivity index (χ3n) is 2.49. The van der Waals surface area contributed by atoms with Crippen molar-refractivity contribution in [2.24, 2.45) is 0 Å². The summed E-state index contributed by atoms with van der Waals surface area (Å²) in [6.45, 7) is 7.12. The number of hydrogen-bond donors (Lipinski definition) is 3. The van der Waals surface area contributed by atoms with Crippen LogP contribution in [0.1, 0.15) is 36.8 Å². The fraction of sp³-hybridized carbons (Fsp3) is 0.462. The maximum Gasteiger partial charge on any atom is 0.255 e. The number of aryl methyl sites for hydroxylation is 1. The zero-order valence-electron chi connectivity index (χ0n) is 11.7. The van der Waals surface area contributed by atoms with Gasteiger partial charge in [0.05, 0.1) is 5.56 Å². The summed E-state index contributed by atoms with van der Waals surface area (Å²) in [5.41, 5.74) is 7.11. The molecule has 0 fully saturated rings. The summed E-state index contributed by atoms with van der Waals surface area (Å²) in [7, 11) is 0. The van der Waals surface area contributed by atoms with Crippen LogP contribution < -0.4 is 16.4 Å². The smallest absolute Gasteiger partial charge is 0.255 e. The van der Waals surface area contributed by atoms with E-state index < -0.39 is 11.9 Å². The van der Waals surface area contributed by atoms with Gasteiger partial charge in [-0.15, -0.1) is 0 Å². The Kier molecular flexibility index (Phi) is 4.86. The molecular formula is C13H20N4O2. The molecule has 0 bridgehead atoms. The summed E-state index contributed by atoms with van der Waals surface area (Å²) >= 11 is 0. The Balaban J connectivity index is 2.71. The summed E-state index contributed by atoms with van der Waals surface area (Å²) in [5, 5.41) is 5.31. The summed E-state index contributed by atoms with van der Waals surface area (Å²) in [6.07, 6.45) is 1.41. The van der Waals surface area contributed by atoms with Crippen molar-refractivity contribution in [1.82, 2.24) is 15.6 Å². The van der Waals surface area contributed by atoms with E-state index in [1.807, 2.05) is 13.8 Å². The third-order valence-corrected chi connectivity index (χ3v) is 2.49. The Morgan fingerprint density at radius 3 is 2.42 bits per heavy atom. The van der Waals surface area contributed by atoms with Crippen molar-refractivity contribution < 1.29 is 9.59 Å². The molecule has 0 radical (unpaired) electrons. The first-order chi connectivity index (χ1) is 8.81. The number of pyridine rings is 1. The zero-order valence-corrected chi connectivity index (χ0v) is 11.7. The van der Waals surface area contributed by atoms with E-state index in [-0.39, 0.29) is 17.5 Å². The van der Waals surface area contributed by atoms with E-state index in [1.54, 1.807) is 19.9 Å². The molecule has 6 nitrogen and oxygen atoms in total. The molecule has 0 saturated carbocycles. The normalized spacial score (nSPS) is 12.1. The Morgan fingerprint density at radius 1 is 1.26 bits per heavy atom. The van der Waals surface area contributed by atoms with Gasteiger partial charge in [-0.2, -0.15) is 0 Å². The van der Waals surface area contributed by atoms with Crippen molar-refractivity contribution >= 4 is 17.5 Å². The Hall–Kier alpha value is -2.11. The predicted octanol–water partition coefficient (Wildman–Crippen LogP) is 0.615. The Labute approximate surface area is 112 Å². The van der Waals surface area contributed by atoms with Gasteiger partial charge in [-0.3, -0.25) is 14.6 Å². The minimum Gasteiger partial charge on any atom is -0.398 e. The SMILES string of the molecule is Cc1cc(N)c(C(=O)NC(C)C(=O)NC(C)C)cn1. The second-order valence-electron chi connectivity index (χ2n) is 4.77. The van der Waals surface area contributed by atoms with Gasteiger partial charge in [0.2, 0.25) is 5.91 Å². The van der Waals surface area contributed by atoms with Gasteiger partial charge in [0.1, 0.15) is 6.04 Å². The average molecular weight is 264 g/mol. The van der Waals surface area contributed by atoms with Crippen molar-refractivity contribution in [3.05, 3.63) is 23.5 Å². The number of nitrogens with zero attached hydrogens (tertiary/aromatic N) is 1. The predicted molar refractivity (Wildman–Crippen MR) is 73.6 cm³/mol. The molecular weight excluding hydrogens is 244 g/mol. The first kappa shape index (κ1) is 14.9. The molecule has 0 aliphatic rings. The molecule has 0 saturated heterocycles. The number of anilines is 1. The number of nitrogens with two attached hydrogens (primary N) is 1. The van der Waals surface area contributed by atoms with Crippen LogP contribution in [0.5, 0.6) is 0 Å². The molecule has 19 heavy (non-hydrogen) atoms. The van der Waals surface area contributed by atoms with Crippen LogP contribution in [0, 0.1) is 6.92 Å². The van der Waals surface area contributed by atoms with Crippen LogP contribution in [-0.4, -0.2) is 28.9 Å². The highest BCUT2D eigenvalue weighted by Gasteiger charge is 2.18. The Bertz CT molecular complexity index is 486. The van der Waals surface area contributed by atoms with E-state index >= 15 is 0 Å². The lowest BCUT2D eigenvalue weighted by Gasteiger charge is -2.16. The number of rotatable bonds is 4. The van der Waals surface area contributed by atoms with Gasteiger partial charge in [-0.25, -0.2) is 0 Å². The molecule has 1 unspecified atom stereocenters. The standard InChI is InChI=1S/C13H20N4O2/c1-7(2)16-12(18)9(4)17-13(19)10-6-15-8(3)5-11(10)14/h5-7,9H,1-4H3,(H2,14,15)(H,16,18)(H,17,19). The number of carbonyl (C=O) groups is 2. The molecule has 1 rings (SSSR count). The van der Waals surface area contributed by atoms with Crippen LogP contribution in [0.2, 0.25) is 0 Å². The molecule has 4 N–H and O–H groups in total. The topological polar surface area (TPSA) is 97.1 Å². The maximum atomic E-state index is 12.0. The number of nitrogens with one attached hydrogen (secondary N) is 2. The summed E-state index contributed by atoms with van der Waals surface area (Å²) < 4.78 is 0. The number of hydrogen-bond acceptors (Lipinski definition) is 4. The molecule has 104 valence electrons. The fourth-order valence-electron chi connectivity index (χ4n) is 1.52. The third kappa shape index (κ3) is 4.24. The highest BCUT2D eigenvalue weighted by molar-refractivity contribution is 6.01. The van der Waals surface area contributed by atoms with Gasteiger partial charge >= 0.3 is 0 Å². The molecule has 6 heteroatoms. The van der Waals surface area contributed by atoms with Crippen molar-refractivity contribution in [2.45, 2.75) is 39.8 Å². The molecule has 0 aromatic carbocycles. The molecule has 1 aromatic rings. The highest BCUT2D eigenvalue weighted by Crippen LogP contribution is 2.11. The second-order valence-corrected chi connectivity index (χ2v) is 4.77. The molecule has 0 aliphatic heterocycles. The molecule has 1 atom stereocenters. The van der Waals surface area contributed by atoms with Gasteiger partial charge in [0, 0.05) is 23.6 Å². The van der Waals surface area contributed by atoms with E-state index in [0.717, 1.165) is 5.69 Å². The van der Waals surface area contributed by atoms with Crippen molar-refractivity contribution in [2.75, 3.05) is 5.73 Å². The van der Waals surface area contributed by atoms with Crippen LogP contribution in [0.4, 0.5) is 5.69 Å². The van der Waals surface area contributed by atoms with Crippen molar-refractivity contribution in [3.8, 4) is 0 Å². The van der Waals surface area contributed by atoms with Gasteiger partial charge in [0.15, 0.2) is 0 Å². The van der Waals surface area contributed by atoms with E-state index in [4.69, 9.17) is 5.73 Å². The molecule has 1 aromatic heterocycles. The molecule has 1 heterocycles. The summed E-state index contributed by atoms with van der Waals surface area (Å²) in [6, 6.07) is 1.02. The number of carbonyl (C=O) groups excluding carboxylic acids is 2. The van der Waals surface area contributed by atoms with Crippen LogP contribution in [0.3, 0.4) is 0 Å². The first-order valence-electron chi connectivity index (χ1n) is 6.14. The lowest BCUT2D eigenvalue weighted by atomic mass is 10.2. The monoisotopic (exact) mass is 264 g/mol. The Morgan fingerprint density at radius 2 is 1.89 bits per heavy atom. The van der Waals surface area contributed by atoms with Gasteiger partial charge < -0.3 is 16.4 Å². The van der Waals surface area contributed by atoms with Crippen molar-refractivity contribution in [1.29, 1.82) is 0 Å². The maximum absolute atomic E-state index is 12.0. The van der Waals surface area contributed by atoms with E-state index in [1.165, 1.54) is 6.20 Å². The fourth-order valence-corrected chi connectivity index (χ4v) is 1.52. The summed E-state index contributed by atoms with van der Waals surface area (Å²) in [5.74, 6) is -0.640. The van der Waals surface area contributed by atoms with Gasteiger partial charge in [0.25, 0.3) is 5.91 Å². The van der Waals surface area contributed by atoms with E-state index in [0.29, 0.717) is 5.69 Å². The quantitative estimate of drug-likeness (QED) is 0.742. The average Bonchev–Trinajstić information content (AvgIpc) is 2.27. The molecule has 2 amide bonds. The first-order valence-corrected chi connectivity index (χ1v) is 6.14. The van der Waals surface area contributed by atoms with Crippen LogP contribution in [0.15, 0.2) is 12.3 Å². The minimum atomic E-state index is -0.629. The van der Waals surface area contributed by atoms with Gasteiger partial charge in [-0.1, -0.05) is 0 Å². The van der Waals surface area contributed by atoms with Crippen LogP contribution in [0.25, 0.3) is 0 Å².